The number of amides is 3. The van der Waals surface area contributed by atoms with Crippen molar-refractivity contribution in [1.82, 2.24) is 20.0 Å². The molecule has 0 aliphatic carbocycles. The maximum atomic E-state index is 13.5. The van der Waals surface area contributed by atoms with Gasteiger partial charge < -0.3 is 24.9 Å². The molecule has 0 aromatic heterocycles. The molecule has 1 atom stereocenters. The summed E-state index contributed by atoms with van der Waals surface area (Å²) in [5, 5.41) is 3.13. The lowest BCUT2D eigenvalue weighted by molar-refractivity contribution is 0.0986. The van der Waals surface area contributed by atoms with Gasteiger partial charge in [-0.2, -0.15) is 0 Å². The van der Waals surface area contributed by atoms with Gasteiger partial charge in [0.15, 0.2) is 0 Å². The van der Waals surface area contributed by atoms with E-state index in [1.54, 1.807) is 0 Å². The highest BCUT2D eigenvalue weighted by Gasteiger charge is 2.34. The smallest absolute Gasteiger partial charge is 0.318 e. The van der Waals surface area contributed by atoms with E-state index in [0.29, 0.717) is 12.1 Å². The first-order valence-electron chi connectivity index (χ1n) is 14.4. The van der Waals surface area contributed by atoms with Crippen LogP contribution in [0.1, 0.15) is 59.2 Å². The fourth-order valence-electron chi connectivity index (χ4n) is 6.10. The third kappa shape index (κ3) is 6.28. The summed E-state index contributed by atoms with van der Waals surface area (Å²) < 4.78 is 0. The molecular weight excluding hydrogens is 506 g/mol. The molecule has 1 N–H and O–H groups in total. The summed E-state index contributed by atoms with van der Waals surface area (Å²) in [7, 11) is 2.15. The molecule has 0 radical (unpaired) electrons. The van der Waals surface area contributed by atoms with Crippen molar-refractivity contribution < 1.29 is 9.59 Å². The lowest BCUT2D eigenvalue weighted by atomic mass is 10.0. The fourth-order valence-corrected chi connectivity index (χ4v) is 6.53. The second-order valence-corrected chi connectivity index (χ2v) is 11.6. The normalized spacial score (nSPS) is 20.3. The average molecular weight is 548 g/mol. The molecule has 3 aliphatic heterocycles. The van der Waals surface area contributed by atoms with Crippen LogP contribution < -0.4 is 10.2 Å². The molecule has 3 amide bonds. The summed E-state index contributed by atoms with van der Waals surface area (Å²) in [6, 6.07) is 14.0. The summed E-state index contributed by atoms with van der Waals surface area (Å²) >= 11 is 5.90. The quantitative estimate of drug-likeness (QED) is 0.567. The predicted molar refractivity (Wildman–Crippen MR) is 160 cm³/mol. The summed E-state index contributed by atoms with van der Waals surface area (Å²) in [5.74, 6) is 0.0381. The van der Waals surface area contributed by atoms with Crippen molar-refractivity contribution in [2.24, 2.45) is 0 Å². The molecule has 0 unspecified atom stereocenters. The van der Waals surface area contributed by atoms with Gasteiger partial charge in [-0.3, -0.25) is 4.79 Å². The molecule has 208 valence electrons. The molecule has 0 bridgehead atoms. The van der Waals surface area contributed by atoms with Gasteiger partial charge in [0, 0.05) is 50.5 Å². The third-order valence-corrected chi connectivity index (χ3v) is 8.99. The number of carbonyl (C=O) groups excluding carboxylic acids is 2. The van der Waals surface area contributed by atoms with Crippen LogP contribution in [0.2, 0.25) is 0 Å². The number of hydrogen-bond acceptors (Lipinski definition) is 4. The Hall–Kier alpha value is -2.97. The zero-order valence-corrected chi connectivity index (χ0v) is 24.1. The Kier molecular flexibility index (Phi) is 8.82. The van der Waals surface area contributed by atoms with Gasteiger partial charge in [0.25, 0.3) is 5.91 Å². The third-order valence-electron chi connectivity index (χ3n) is 8.45. The van der Waals surface area contributed by atoms with Crippen LogP contribution >= 0.6 is 12.2 Å². The highest BCUT2D eigenvalue weighted by Crippen LogP contribution is 2.28. The molecule has 8 heteroatoms. The van der Waals surface area contributed by atoms with Gasteiger partial charge in [-0.15, -0.1) is 0 Å². The summed E-state index contributed by atoms with van der Waals surface area (Å²) in [5.41, 5.74) is 4.98. The molecule has 3 heterocycles. The van der Waals surface area contributed by atoms with Gasteiger partial charge in [-0.05, 0) is 93.9 Å². The Morgan fingerprint density at radius 3 is 2.64 bits per heavy atom. The van der Waals surface area contributed by atoms with Crippen LogP contribution in [0, 0.1) is 6.92 Å². The number of nitrogens with one attached hydrogen (secondary N) is 1. The number of rotatable bonds is 4. The molecule has 0 saturated carbocycles. The topological polar surface area (TPSA) is 59.1 Å². The van der Waals surface area contributed by atoms with Gasteiger partial charge >= 0.3 is 6.03 Å². The van der Waals surface area contributed by atoms with E-state index in [0.717, 1.165) is 99.6 Å². The number of likely N-dealkylation sites (N-methyl/N-ethyl adjacent to an activating group) is 1. The monoisotopic (exact) mass is 547 g/mol. The second-order valence-electron chi connectivity index (χ2n) is 11.2. The minimum absolute atomic E-state index is 0.0130. The number of anilines is 1. The van der Waals surface area contributed by atoms with Crippen molar-refractivity contribution in [2.45, 2.75) is 58.0 Å². The van der Waals surface area contributed by atoms with Crippen LogP contribution in [-0.4, -0.2) is 84.0 Å². The van der Waals surface area contributed by atoms with E-state index in [1.807, 2.05) is 47.1 Å². The number of para-hydroxylation sites is 1. The Morgan fingerprint density at radius 1 is 0.949 bits per heavy atom. The Morgan fingerprint density at radius 2 is 1.79 bits per heavy atom. The number of benzene rings is 2. The van der Waals surface area contributed by atoms with Crippen molar-refractivity contribution in [1.29, 1.82) is 0 Å². The van der Waals surface area contributed by atoms with Crippen LogP contribution in [0.25, 0.3) is 0 Å². The minimum Gasteiger partial charge on any atom is -0.363 e. The Labute approximate surface area is 238 Å². The van der Waals surface area contributed by atoms with Crippen molar-refractivity contribution in [2.75, 3.05) is 51.2 Å². The second kappa shape index (κ2) is 12.5. The Bertz CT molecular complexity index is 1220. The predicted octanol–water partition coefficient (Wildman–Crippen LogP) is 4.62. The number of carbonyl (C=O) groups is 2. The highest BCUT2D eigenvalue weighted by atomic mass is 32.1. The molecule has 0 spiro atoms. The molecule has 2 saturated heterocycles. The van der Waals surface area contributed by atoms with E-state index in [4.69, 9.17) is 12.2 Å². The molecule has 2 aromatic carbocycles. The van der Waals surface area contributed by atoms with Crippen LogP contribution in [0.3, 0.4) is 0 Å². The number of hydrogen-bond donors (Lipinski definition) is 1. The average Bonchev–Trinajstić information content (AvgIpc) is 3.20. The number of aryl methyl sites for hydroxylation is 2. The summed E-state index contributed by atoms with van der Waals surface area (Å²) in [4.78, 5) is 36.2. The number of urea groups is 1. The lowest BCUT2D eigenvalue weighted by Crippen LogP contribution is -2.50. The van der Waals surface area contributed by atoms with Crippen molar-refractivity contribution in [3.05, 3.63) is 64.7 Å². The first-order chi connectivity index (χ1) is 18.9. The summed E-state index contributed by atoms with van der Waals surface area (Å²) in [6.45, 7) is 7.88. The largest absolute Gasteiger partial charge is 0.363 e. The van der Waals surface area contributed by atoms with E-state index in [2.05, 4.69) is 34.3 Å². The molecule has 2 fully saturated rings. The standard InChI is InChI=1S/C31H41N5O2S/c1-23-21-25(29(37)35-17-6-5-10-24-9-3-4-11-27(24)35)13-14-26(23)22-32-31(38)36-18-7-12-28(36)30(39)34-16-8-15-33(2)19-20-34/h3-4,9,11,13-14,21,28H,5-8,10,12,15-20,22H2,1-2H3,(H,32,38)/t28-/m0/s1. The number of thiocarbonyl (C=S) groups is 1. The maximum absolute atomic E-state index is 13.5. The first kappa shape index (κ1) is 27.6. The zero-order chi connectivity index (χ0) is 27.4. The fraction of sp³-hybridized carbons (Fsp3) is 0.516. The van der Waals surface area contributed by atoms with Gasteiger partial charge in [-0.25, -0.2) is 4.79 Å². The van der Waals surface area contributed by atoms with Crippen LogP contribution in [0.15, 0.2) is 42.5 Å². The molecule has 7 nitrogen and oxygen atoms in total. The van der Waals surface area contributed by atoms with Crippen LogP contribution in [0.5, 0.6) is 0 Å². The number of fused-ring (bicyclic) bond motifs is 1. The summed E-state index contributed by atoms with van der Waals surface area (Å²) in [6.07, 6.45) is 6.10. The highest BCUT2D eigenvalue weighted by molar-refractivity contribution is 7.80. The van der Waals surface area contributed by atoms with Gasteiger partial charge in [0.1, 0.15) is 4.99 Å². The minimum atomic E-state index is -0.0625. The zero-order valence-electron chi connectivity index (χ0n) is 23.3. The van der Waals surface area contributed by atoms with Gasteiger partial charge in [0.2, 0.25) is 0 Å². The van der Waals surface area contributed by atoms with Gasteiger partial charge in [0.05, 0.1) is 6.04 Å². The van der Waals surface area contributed by atoms with E-state index in [9.17, 15) is 9.59 Å². The number of nitrogens with zero attached hydrogens (tertiary/aromatic N) is 4. The molecule has 3 aliphatic rings. The van der Waals surface area contributed by atoms with Crippen molar-refractivity contribution in [3.63, 3.8) is 0 Å². The van der Waals surface area contributed by atoms with Crippen molar-refractivity contribution in [3.8, 4) is 0 Å². The van der Waals surface area contributed by atoms with E-state index in [1.165, 1.54) is 5.56 Å². The molecule has 39 heavy (non-hydrogen) atoms. The SMILES string of the molecule is Cc1cc(C(=O)N2CCCCc3ccccc32)ccc1CNC(=O)N1CCC[C@H]1C(=S)N1CCCN(C)CC1. The number of likely N-dealkylation sites (tertiary alicyclic amines) is 1. The molecule has 2 aromatic rings. The van der Waals surface area contributed by atoms with Crippen LogP contribution in [0.4, 0.5) is 10.5 Å². The Balaban J connectivity index is 1.21. The van der Waals surface area contributed by atoms with E-state index in [-0.39, 0.29) is 18.0 Å². The van der Waals surface area contributed by atoms with E-state index >= 15 is 0 Å². The van der Waals surface area contributed by atoms with E-state index < -0.39 is 0 Å². The molecular formula is C31H41N5O2S. The molecule has 5 rings (SSSR count). The van der Waals surface area contributed by atoms with Crippen LogP contribution in [-0.2, 0) is 13.0 Å². The maximum Gasteiger partial charge on any atom is 0.318 e. The first-order valence-corrected chi connectivity index (χ1v) is 14.8. The lowest BCUT2D eigenvalue weighted by Gasteiger charge is -2.32. The van der Waals surface area contributed by atoms with Crippen molar-refractivity contribution >= 4 is 34.8 Å². The van der Waals surface area contributed by atoms with Gasteiger partial charge in [-0.1, -0.05) is 36.5 Å².